The van der Waals surface area contributed by atoms with Gasteiger partial charge in [0.25, 0.3) is 11.8 Å². The van der Waals surface area contributed by atoms with Gasteiger partial charge < -0.3 is 9.42 Å². The average molecular weight is 409 g/mol. The number of carbonyl (C=O) groups is 1. The summed E-state index contributed by atoms with van der Waals surface area (Å²) in [6, 6.07) is 8.04. The molecule has 0 spiro atoms. The van der Waals surface area contributed by atoms with Crippen LogP contribution in [0.4, 0.5) is 0 Å². The van der Waals surface area contributed by atoms with Crippen LogP contribution < -0.4 is 0 Å². The number of hydrogen-bond acceptors (Lipinski definition) is 6. The lowest BCUT2D eigenvalue weighted by Gasteiger charge is -2.32. The van der Waals surface area contributed by atoms with Crippen LogP contribution >= 0.6 is 0 Å². The van der Waals surface area contributed by atoms with Crippen molar-refractivity contribution in [2.75, 3.05) is 13.1 Å². The highest BCUT2D eigenvalue weighted by atomic mass is 16.5. The van der Waals surface area contributed by atoms with Crippen LogP contribution in [0.3, 0.4) is 0 Å². The summed E-state index contributed by atoms with van der Waals surface area (Å²) in [4.78, 5) is 19.3. The van der Waals surface area contributed by atoms with Gasteiger partial charge in [-0.2, -0.15) is 4.98 Å². The number of piperidine rings is 1. The Morgan fingerprint density at radius 2 is 2.00 bits per heavy atom. The predicted octanol–water partition coefficient (Wildman–Crippen LogP) is 3.67. The molecule has 0 saturated carbocycles. The van der Waals surface area contributed by atoms with Crippen molar-refractivity contribution in [3.05, 3.63) is 47.4 Å². The summed E-state index contributed by atoms with van der Waals surface area (Å²) >= 11 is 0. The third-order valence-corrected chi connectivity index (χ3v) is 5.57. The molecule has 158 valence electrons. The van der Waals surface area contributed by atoms with Gasteiger partial charge in [0.05, 0.1) is 12.2 Å². The molecular formula is C22H28N6O2. The van der Waals surface area contributed by atoms with Gasteiger partial charge in [0.2, 0.25) is 0 Å². The Bertz CT molecular complexity index is 1010. The maximum atomic E-state index is 13.0. The largest absolute Gasteiger partial charge is 0.337 e. The first-order valence-corrected chi connectivity index (χ1v) is 10.5. The molecule has 1 aliphatic rings. The van der Waals surface area contributed by atoms with Crippen LogP contribution in [-0.2, 0) is 11.8 Å². The molecule has 0 aliphatic carbocycles. The fraction of sp³-hybridized carbons (Fsp3) is 0.500. The van der Waals surface area contributed by atoms with Gasteiger partial charge in [0, 0.05) is 25.1 Å². The van der Waals surface area contributed by atoms with Gasteiger partial charge in [-0.05, 0) is 36.0 Å². The van der Waals surface area contributed by atoms with Gasteiger partial charge in [-0.3, -0.25) is 4.79 Å². The summed E-state index contributed by atoms with van der Waals surface area (Å²) in [5.74, 6) is 1.08. The molecule has 1 aromatic carbocycles. The molecule has 1 unspecified atom stereocenters. The van der Waals surface area contributed by atoms with Gasteiger partial charge in [-0.15, -0.1) is 5.10 Å². The predicted molar refractivity (Wildman–Crippen MR) is 112 cm³/mol. The SMILES string of the molecule is CCc1noc(-c2cn(C3CCCN(C(=O)c4ccc(C(C)(C)C)cc4)C3)nn2)n1. The van der Waals surface area contributed by atoms with Crippen LogP contribution in [-0.4, -0.2) is 49.0 Å². The number of carbonyl (C=O) groups excluding carboxylic acids is 1. The number of likely N-dealkylation sites (tertiary alicyclic amines) is 1. The quantitative estimate of drug-likeness (QED) is 0.654. The van der Waals surface area contributed by atoms with E-state index in [1.165, 1.54) is 5.56 Å². The van der Waals surface area contributed by atoms with Gasteiger partial charge in [-0.1, -0.05) is 50.2 Å². The Morgan fingerprint density at radius 3 is 2.67 bits per heavy atom. The maximum Gasteiger partial charge on any atom is 0.280 e. The smallest absolute Gasteiger partial charge is 0.280 e. The first-order chi connectivity index (χ1) is 14.3. The van der Waals surface area contributed by atoms with Crippen molar-refractivity contribution in [3.63, 3.8) is 0 Å². The Kier molecular flexibility index (Phi) is 5.40. The normalized spacial score (nSPS) is 17.3. The van der Waals surface area contributed by atoms with Crippen molar-refractivity contribution < 1.29 is 9.32 Å². The molecule has 8 nitrogen and oxygen atoms in total. The van der Waals surface area contributed by atoms with Crippen molar-refractivity contribution in [2.24, 2.45) is 0 Å². The molecule has 0 bridgehead atoms. The Balaban J connectivity index is 1.46. The number of nitrogens with zero attached hydrogens (tertiary/aromatic N) is 6. The zero-order valence-corrected chi connectivity index (χ0v) is 18.0. The van der Waals surface area contributed by atoms with Gasteiger partial charge in [-0.25, -0.2) is 4.68 Å². The zero-order chi connectivity index (χ0) is 21.3. The van der Waals surface area contributed by atoms with E-state index in [1.54, 1.807) is 0 Å². The van der Waals surface area contributed by atoms with Crippen molar-refractivity contribution in [1.29, 1.82) is 0 Å². The van der Waals surface area contributed by atoms with E-state index < -0.39 is 0 Å². The van der Waals surface area contributed by atoms with Crippen molar-refractivity contribution >= 4 is 5.91 Å². The van der Waals surface area contributed by atoms with Crippen LogP contribution in [0, 0.1) is 0 Å². The first kappa shape index (κ1) is 20.3. The molecule has 1 saturated heterocycles. The van der Waals surface area contributed by atoms with E-state index in [4.69, 9.17) is 4.52 Å². The first-order valence-electron chi connectivity index (χ1n) is 10.5. The number of hydrogen-bond donors (Lipinski definition) is 0. The third kappa shape index (κ3) is 4.13. The van der Waals surface area contributed by atoms with E-state index in [2.05, 4.69) is 41.2 Å². The molecule has 1 fully saturated rings. The standard InChI is InChI=1S/C22H28N6O2/c1-5-19-23-20(30-25-19)18-14-28(26-24-18)17-7-6-12-27(13-17)21(29)15-8-10-16(11-9-15)22(2,3)4/h8-11,14,17H,5-7,12-13H2,1-4H3. The Labute approximate surface area is 176 Å². The summed E-state index contributed by atoms with van der Waals surface area (Å²) in [7, 11) is 0. The third-order valence-electron chi connectivity index (χ3n) is 5.57. The molecule has 8 heteroatoms. The maximum absolute atomic E-state index is 13.0. The summed E-state index contributed by atoms with van der Waals surface area (Å²) in [6.45, 7) is 9.83. The van der Waals surface area contributed by atoms with Gasteiger partial charge in [0.1, 0.15) is 0 Å². The lowest BCUT2D eigenvalue weighted by atomic mass is 9.86. The summed E-state index contributed by atoms with van der Waals surface area (Å²) in [5, 5.41) is 12.3. The molecule has 3 aromatic rings. The average Bonchev–Trinajstić information content (AvgIpc) is 3.42. The lowest BCUT2D eigenvalue weighted by Crippen LogP contribution is -2.40. The number of aryl methyl sites for hydroxylation is 1. The van der Waals surface area contributed by atoms with E-state index in [-0.39, 0.29) is 17.4 Å². The van der Waals surface area contributed by atoms with E-state index in [1.807, 2.05) is 47.0 Å². The topological polar surface area (TPSA) is 89.9 Å². The second-order valence-electron chi connectivity index (χ2n) is 8.83. The molecule has 0 radical (unpaired) electrons. The van der Waals surface area contributed by atoms with Crippen molar-refractivity contribution in [3.8, 4) is 11.6 Å². The molecule has 0 N–H and O–H groups in total. The molecule has 1 amide bonds. The van der Waals surface area contributed by atoms with E-state index in [9.17, 15) is 4.79 Å². The Hall–Kier alpha value is -3.03. The monoisotopic (exact) mass is 408 g/mol. The molecule has 1 atom stereocenters. The van der Waals surface area contributed by atoms with Crippen molar-refractivity contribution in [2.45, 2.75) is 58.4 Å². The van der Waals surface area contributed by atoms with E-state index in [0.717, 1.165) is 24.9 Å². The van der Waals surface area contributed by atoms with E-state index in [0.29, 0.717) is 30.4 Å². The fourth-order valence-electron chi connectivity index (χ4n) is 3.71. The number of aromatic nitrogens is 5. The summed E-state index contributed by atoms with van der Waals surface area (Å²) < 4.78 is 7.06. The molecule has 4 rings (SSSR count). The summed E-state index contributed by atoms with van der Waals surface area (Å²) in [5.41, 5.74) is 2.57. The summed E-state index contributed by atoms with van der Waals surface area (Å²) in [6.07, 6.45) is 4.39. The van der Waals surface area contributed by atoms with E-state index >= 15 is 0 Å². The highest BCUT2D eigenvalue weighted by Gasteiger charge is 2.27. The minimum atomic E-state index is 0.0602. The number of amides is 1. The molecular weight excluding hydrogens is 380 g/mol. The molecule has 30 heavy (non-hydrogen) atoms. The number of rotatable bonds is 4. The second kappa shape index (κ2) is 8.01. The van der Waals surface area contributed by atoms with Crippen LogP contribution in [0.25, 0.3) is 11.6 Å². The second-order valence-corrected chi connectivity index (χ2v) is 8.83. The van der Waals surface area contributed by atoms with Crippen LogP contribution in [0.1, 0.15) is 68.3 Å². The van der Waals surface area contributed by atoms with Gasteiger partial charge in [0.15, 0.2) is 11.5 Å². The Morgan fingerprint density at radius 1 is 1.23 bits per heavy atom. The minimum absolute atomic E-state index is 0.0602. The highest BCUT2D eigenvalue weighted by molar-refractivity contribution is 5.94. The minimum Gasteiger partial charge on any atom is -0.337 e. The zero-order valence-electron chi connectivity index (χ0n) is 18.0. The lowest BCUT2D eigenvalue weighted by molar-refractivity contribution is 0.0672. The molecule has 1 aliphatic heterocycles. The molecule has 3 heterocycles. The van der Waals surface area contributed by atoms with Gasteiger partial charge >= 0.3 is 0 Å². The van der Waals surface area contributed by atoms with Crippen LogP contribution in [0.5, 0.6) is 0 Å². The van der Waals surface area contributed by atoms with Crippen LogP contribution in [0.15, 0.2) is 35.0 Å². The van der Waals surface area contributed by atoms with Crippen molar-refractivity contribution in [1.82, 2.24) is 30.0 Å². The highest BCUT2D eigenvalue weighted by Crippen LogP contribution is 2.26. The van der Waals surface area contributed by atoms with Crippen LogP contribution in [0.2, 0.25) is 0 Å². The fourth-order valence-corrected chi connectivity index (χ4v) is 3.71. The molecule has 2 aromatic heterocycles. The number of benzene rings is 1.